The normalized spacial score (nSPS) is 10.3. The molecule has 0 unspecified atom stereocenters. The number of hydrogen-bond donors (Lipinski definition) is 1. The second-order valence-corrected chi connectivity index (χ2v) is 5.67. The number of carbonyl (C=O) groups excluding carboxylic acids is 2. The Kier molecular flexibility index (Phi) is 4.69. The summed E-state index contributed by atoms with van der Waals surface area (Å²) in [6.07, 6.45) is 0. The first-order valence-electron chi connectivity index (χ1n) is 5.96. The van der Waals surface area contributed by atoms with Gasteiger partial charge in [-0.3, -0.25) is 9.59 Å². The van der Waals surface area contributed by atoms with Gasteiger partial charge >= 0.3 is 0 Å². The molecule has 1 aromatic carbocycles. The molecule has 0 aliphatic carbocycles. The highest BCUT2D eigenvalue weighted by Crippen LogP contribution is 2.23. The SMILES string of the molecule is CN(C)C(=O)c1ccc(Cl)cc1NC(=O)c1ccc(Br)o1. The van der Waals surface area contributed by atoms with Crippen molar-refractivity contribution in [3.05, 3.63) is 51.3 Å². The van der Waals surface area contributed by atoms with Crippen LogP contribution in [0.1, 0.15) is 20.9 Å². The predicted octanol–water partition coefficient (Wildman–Crippen LogP) is 3.65. The number of halogens is 2. The summed E-state index contributed by atoms with van der Waals surface area (Å²) in [5.41, 5.74) is 0.682. The molecule has 7 heteroatoms. The molecule has 2 aromatic rings. The van der Waals surface area contributed by atoms with E-state index in [0.717, 1.165) is 0 Å². The van der Waals surface area contributed by atoms with E-state index in [0.29, 0.717) is 20.9 Å². The van der Waals surface area contributed by atoms with Gasteiger partial charge in [0.25, 0.3) is 11.8 Å². The van der Waals surface area contributed by atoms with Gasteiger partial charge in [0.15, 0.2) is 10.4 Å². The van der Waals surface area contributed by atoms with Gasteiger partial charge in [-0.25, -0.2) is 0 Å². The van der Waals surface area contributed by atoms with Gasteiger partial charge in [-0.05, 0) is 46.3 Å². The van der Waals surface area contributed by atoms with Gasteiger partial charge in [0.2, 0.25) is 0 Å². The first-order chi connectivity index (χ1) is 9.88. The number of anilines is 1. The summed E-state index contributed by atoms with van der Waals surface area (Å²) in [7, 11) is 3.26. The summed E-state index contributed by atoms with van der Waals surface area (Å²) in [4.78, 5) is 25.6. The third-order valence-corrected chi connectivity index (χ3v) is 3.32. The number of furan rings is 1. The van der Waals surface area contributed by atoms with Crippen LogP contribution in [-0.2, 0) is 0 Å². The molecule has 0 radical (unpaired) electrons. The highest BCUT2D eigenvalue weighted by molar-refractivity contribution is 9.10. The van der Waals surface area contributed by atoms with Crippen LogP contribution in [0.5, 0.6) is 0 Å². The number of amides is 2. The van der Waals surface area contributed by atoms with Crippen molar-refractivity contribution >= 4 is 45.0 Å². The van der Waals surface area contributed by atoms with Crippen LogP contribution in [0.25, 0.3) is 0 Å². The fourth-order valence-corrected chi connectivity index (χ4v) is 2.15. The molecule has 0 aliphatic heterocycles. The Balaban J connectivity index is 2.32. The van der Waals surface area contributed by atoms with Crippen molar-refractivity contribution in [2.75, 3.05) is 19.4 Å². The average Bonchev–Trinajstić information content (AvgIpc) is 2.85. The second-order valence-electron chi connectivity index (χ2n) is 4.45. The molecule has 0 aliphatic rings. The largest absolute Gasteiger partial charge is 0.444 e. The Labute approximate surface area is 135 Å². The van der Waals surface area contributed by atoms with Crippen molar-refractivity contribution in [3.63, 3.8) is 0 Å². The summed E-state index contributed by atoms with van der Waals surface area (Å²) in [6, 6.07) is 7.82. The summed E-state index contributed by atoms with van der Waals surface area (Å²) >= 11 is 9.05. The molecule has 0 spiro atoms. The van der Waals surface area contributed by atoms with Crippen LogP contribution in [0.4, 0.5) is 5.69 Å². The van der Waals surface area contributed by atoms with E-state index in [-0.39, 0.29) is 11.7 Å². The molecule has 0 fully saturated rings. The zero-order chi connectivity index (χ0) is 15.6. The van der Waals surface area contributed by atoms with E-state index in [1.807, 2.05) is 0 Å². The van der Waals surface area contributed by atoms with Crippen molar-refractivity contribution in [1.82, 2.24) is 4.90 Å². The Morgan fingerprint density at radius 1 is 1.24 bits per heavy atom. The van der Waals surface area contributed by atoms with Crippen LogP contribution >= 0.6 is 27.5 Å². The van der Waals surface area contributed by atoms with Crippen LogP contribution in [0.3, 0.4) is 0 Å². The van der Waals surface area contributed by atoms with Gasteiger partial charge < -0.3 is 14.6 Å². The molecule has 5 nitrogen and oxygen atoms in total. The van der Waals surface area contributed by atoms with Gasteiger partial charge in [-0.1, -0.05) is 11.6 Å². The lowest BCUT2D eigenvalue weighted by Crippen LogP contribution is -2.24. The molecule has 0 bridgehead atoms. The first-order valence-corrected chi connectivity index (χ1v) is 7.13. The summed E-state index contributed by atoms with van der Waals surface area (Å²) in [5.74, 6) is -0.566. The Hall–Kier alpha value is -1.79. The Bertz CT molecular complexity index is 697. The van der Waals surface area contributed by atoms with E-state index < -0.39 is 5.91 Å². The molecule has 1 aromatic heterocycles. The number of carbonyl (C=O) groups is 2. The maximum Gasteiger partial charge on any atom is 0.291 e. The zero-order valence-corrected chi connectivity index (χ0v) is 13.7. The van der Waals surface area contributed by atoms with Crippen molar-refractivity contribution in [3.8, 4) is 0 Å². The summed E-state index contributed by atoms with van der Waals surface area (Å²) in [5, 5.41) is 3.05. The summed E-state index contributed by atoms with van der Waals surface area (Å²) in [6.45, 7) is 0. The molecular formula is C14H12BrClN2O3. The minimum atomic E-state index is -0.462. The van der Waals surface area contributed by atoms with Gasteiger partial charge in [0.05, 0.1) is 11.3 Å². The second kappa shape index (κ2) is 6.32. The summed E-state index contributed by atoms with van der Waals surface area (Å²) < 4.78 is 5.62. The van der Waals surface area contributed by atoms with Crippen LogP contribution < -0.4 is 5.32 Å². The van der Waals surface area contributed by atoms with E-state index in [2.05, 4.69) is 21.2 Å². The van der Waals surface area contributed by atoms with Gasteiger partial charge in [-0.2, -0.15) is 0 Å². The number of rotatable bonds is 3. The van der Waals surface area contributed by atoms with Crippen molar-refractivity contribution in [2.45, 2.75) is 0 Å². The maximum atomic E-state index is 12.1. The number of benzene rings is 1. The lowest BCUT2D eigenvalue weighted by Gasteiger charge is -2.14. The first kappa shape index (κ1) is 15.6. The van der Waals surface area contributed by atoms with E-state index in [1.54, 1.807) is 32.3 Å². The highest BCUT2D eigenvalue weighted by Gasteiger charge is 2.17. The molecule has 21 heavy (non-hydrogen) atoms. The third-order valence-electron chi connectivity index (χ3n) is 2.66. The third kappa shape index (κ3) is 3.65. The fourth-order valence-electron chi connectivity index (χ4n) is 1.67. The van der Waals surface area contributed by atoms with Crippen LogP contribution in [0.2, 0.25) is 5.02 Å². The quantitative estimate of drug-likeness (QED) is 0.896. The minimum absolute atomic E-state index is 0.130. The molecule has 1 N–H and O–H groups in total. The van der Waals surface area contributed by atoms with Crippen molar-refractivity contribution < 1.29 is 14.0 Å². The van der Waals surface area contributed by atoms with Crippen molar-refractivity contribution in [1.29, 1.82) is 0 Å². The fraction of sp³-hybridized carbons (Fsp3) is 0.143. The lowest BCUT2D eigenvalue weighted by molar-refractivity contribution is 0.0828. The van der Waals surface area contributed by atoms with Crippen molar-refractivity contribution in [2.24, 2.45) is 0 Å². The van der Waals surface area contributed by atoms with Crippen LogP contribution in [0, 0.1) is 0 Å². The number of nitrogens with zero attached hydrogens (tertiary/aromatic N) is 1. The molecular weight excluding hydrogens is 360 g/mol. The Morgan fingerprint density at radius 3 is 2.52 bits per heavy atom. The highest BCUT2D eigenvalue weighted by atomic mass is 79.9. The number of hydrogen-bond acceptors (Lipinski definition) is 3. The number of nitrogens with one attached hydrogen (secondary N) is 1. The minimum Gasteiger partial charge on any atom is -0.444 e. The van der Waals surface area contributed by atoms with Crippen LogP contribution in [-0.4, -0.2) is 30.8 Å². The van der Waals surface area contributed by atoms with E-state index in [9.17, 15) is 9.59 Å². The zero-order valence-electron chi connectivity index (χ0n) is 11.3. The smallest absolute Gasteiger partial charge is 0.291 e. The lowest BCUT2D eigenvalue weighted by atomic mass is 10.1. The van der Waals surface area contributed by atoms with Gasteiger partial charge in [0, 0.05) is 19.1 Å². The monoisotopic (exact) mass is 370 g/mol. The molecule has 0 saturated carbocycles. The van der Waals surface area contributed by atoms with Gasteiger partial charge in [-0.15, -0.1) is 0 Å². The molecule has 0 saturated heterocycles. The molecule has 1 heterocycles. The average molecular weight is 372 g/mol. The molecule has 2 amide bonds. The van der Waals surface area contributed by atoms with Crippen LogP contribution in [0.15, 0.2) is 39.4 Å². The van der Waals surface area contributed by atoms with E-state index in [1.165, 1.54) is 17.0 Å². The molecule has 2 rings (SSSR count). The maximum absolute atomic E-state index is 12.1. The van der Waals surface area contributed by atoms with E-state index >= 15 is 0 Å². The van der Waals surface area contributed by atoms with E-state index in [4.69, 9.17) is 16.0 Å². The topological polar surface area (TPSA) is 62.6 Å². The van der Waals surface area contributed by atoms with Gasteiger partial charge in [0.1, 0.15) is 0 Å². The predicted molar refractivity (Wildman–Crippen MR) is 83.8 cm³/mol. The standard InChI is InChI=1S/C14H12BrClN2O3/c1-18(2)14(20)9-4-3-8(16)7-10(9)17-13(19)11-5-6-12(15)21-11/h3-7H,1-2H3,(H,17,19). The Morgan fingerprint density at radius 2 is 1.95 bits per heavy atom. The molecule has 0 atom stereocenters. The molecule has 110 valence electrons.